The van der Waals surface area contributed by atoms with Crippen molar-refractivity contribution in [3.63, 3.8) is 0 Å². The molecule has 1 saturated heterocycles. The average Bonchev–Trinajstić information content (AvgIpc) is 3.56. The van der Waals surface area contributed by atoms with Crippen molar-refractivity contribution < 1.29 is 28.2 Å². The molecule has 1 N–H and O–H groups in total. The van der Waals surface area contributed by atoms with Crippen molar-refractivity contribution in [1.82, 2.24) is 5.01 Å². The standard InChI is InChI=1S/C26H22Br2FN3O5/c1-2-36-18-10-15(11-30-32-25(34)20-13-3-4-14(9-13)21(20)26(32)35)22(27)23(28)24(18)37-12-19(33)31-17-7-5-16(29)6-8-17/h3-8,10-11,13-14,20-21H,2,9,12H2,1H3,(H,31,33)/t13-,14-,20-,21+/m0/s1. The second-order valence-corrected chi connectivity index (χ2v) is 10.5. The van der Waals surface area contributed by atoms with Crippen molar-refractivity contribution in [2.75, 3.05) is 18.5 Å². The van der Waals surface area contributed by atoms with Gasteiger partial charge in [0.1, 0.15) is 5.82 Å². The van der Waals surface area contributed by atoms with Crippen molar-refractivity contribution in [2.45, 2.75) is 13.3 Å². The van der Waals surface area contributed by atoms with E-state index >= 15 is 0 Å². The Hall–Kier alpha value is -3.05. The third-order valence-electron chi connectivity index (χ3n) is 6.69. The number of allylic oxidation sites excluding steroid dienone is 2. The third kappa shape index (κ3) is 4.82. The number of nitrogens with one attached hydrogen (secondary N) is 1. The molecule has 0 unspecified atom stereocenters. The maximum absolute atomic E-state index is 13.1. The van der Waals surface area contributed by atoms with Crippen LogP contribution in [0.25, 0.3) is 0 Å². The summed E-state index contributed by atoms with van der Waals surface area (Å²) in [6, 6.07) is 7.03. The lowest BCUT2D eigenvalue weighted by Gasteiger charge is -2.16. The van der Waals surface area contributed by atoms with E-state index in [4.69, 9.17) is 9.47 Å². The molecule has 0 spiro atoms. The van der Waals surface area contributed by atoms with E-state index in [0.29, 0.717) is 32.6 Å². The number of benzene rings is 2. The van der Waals surface area contributed by atoms with E-state index in [9.17, 15) is 18.8 Å². The van der Waals surface area contributed by atoms with Crippen molar-refractivity contribution >= 4 is 61.5 Å². The van der Waals surface area contributed by atoms with Crippen molar-refractivity contribution in [3.05, 3.63) is 62.8 Å². The fourth-order valence-electron chi connectivity index (χ4n) is 5.08. The fraction of sp³-hybridized carbons (Fsp3) is 0.308. The minimum absolute atomic E-state index is 0.105. The van der Waals surface area contributed by atoms with Crippen molar-refractivity contribution in [2.24, 2.45) is 28.8 Å². The van der Waals surface area contributed by atoms with E-state index in [2.05, 4.69) is 42.3 Å². The molecule has 11 heteroatoms. The Morgan fingerprint density at radius 1 is 1.11 bits per heavy atom. The molecule has 192 valence electrons. The maximum atomic E-state index is 13.1. The van der Waals surface area contributed by atoms with Crippen LogP contribution in [-0.2, 0) is 14.4 Å². The Kier molecular flexibility index (Phi) is 7.17. The highest BCUT2D eigenvalue weighted by Crippen LogP contribution is 2.52. The zero-order valence-electron chi connectivity index (χ0n) is 19.6. The Labute approximate surface area is 229 Å². The number of anilines is 1. The number of halogens is 3. The summed E-state index contributed by atoms with van der Waals surface area (Å²) in [6.45, 7) is 1.80. The van der Waals surface area contributed by atoms with Crippen LogP contribution >= 0.6 is 31.9 Å². The molecule has 3 aliphatic rings. The Balaban J connectivity index is 1.32. The first-order valence-electron chi connectivity index (χ1n) is 11.7. The zero-order valence-corrected chi connectivity index (χ0v) is 22.8. The molecule has 1 aliphatic heterocycles. The molecule has 37 heavy (non-hydrogen) atoms. The van der Waals surface area contributed by atoms with E-state index in [1.54, 1.807) is 13.0 Å². The lowest BCUT2D eigenvalue weighted by molar-refractivity contribution is -0.140. The number of amides is 3. The highest BCUT2D eigenvalue weighted by Gasteiger charge is 2.59. The van der Waals surface area contributed by atoms with Crippen LogP contribution in [-0.4, -0.2) is 42.2 Å². The number of carbonyl (C=O) groups is 3. The minimum atomic E-state index is -0.442. The second kappa shape index (κ2) is 10.4. The maximum Gasteiger partial charge on any atom is 0.262 e. The Morgan fingerprint density at radius 2 is 1.76 bits per heavy atom. The van der Waals surface area contributed by atoms with Gasteiger partial charge in [0.05, 0.1) is 29.1 Å². The smallest absolute Gasteiger partial charge is 0.262 e. The first-order valence-corrected chi connectivity index (χ1v) is 13.3. The Morgan fingerprint density at radius 3 is 2.38 bits per heavy atom. The molecule has 1 saturated carbocycles. The molecule has 2 aliphatic carbocycles. The van der Waals surface area contributed by atoms with Gasteiger partial charge < -0.3 is 14.8 Å². The van der Waals surface area contributed by atoms with Gasteiger partial charge >= 0.3 is 0 Å². The first-order chi connectivity index (χ1) is 17.8. The molecule has 2 fully saturated rings. The molecule has 5 rings (SSSR count). The second-order valence-electron chi connectivity index (χ2n) is 8.93. The summed E-state index contributed by atoms with van der Waals surface area (Å²) in [5.74, 6) is -1.21. The van der Waals surface area contributed by atoms with Crippen LogP contribution < -0.4 is 14.8 Å². The van der Waals surface area contributed by atoms with Crippen LogP contribution in [0, 0.1) is 29.5 Å². The van der Waals surface area contributed by atoms with E-state index in [1.165, 1.54) is 30.5 Å². The number of ether oxygens (including phenoxy) is 2. The van der Waals surface area contributed by atoms with Crippen LogP contribution in [0.5, 0.6) is 11.5 Å². The van der Waals surface area contributed by atoms with E-state index in [-0.39, 0.29) is 47.8 Å². The lowest BCUT2D eigenvalue weighted by atomic mass is 9.85. The topological polar surface area (TPSA) is 97.3 Å². The number of hydrazone groups is 1. The lowest BCUT2D eigenvalue weighted by Crippen LogP contribution is -2.28. The number of fused-ring (bicyclic) bond motifs is 5. The SMILES string of the molecule is CCOc1cc(C=NN2C(=O)[C@@H]3[C@H](C2=O)[C@H]2C=C[C@H]3C2)c(Br)c(Br)c1OCC(=O)Nc1ccc(F)cc1. The monoisotopic (exact) mass is 633 g/mol. The summed E-state index contributed by atoms with van der Waals surface area (Å²) < 4.78 is 25.6. The van der Waals surface area contributed by atoms with Crippen molar-refractivity contribution in [1.29, 1.82) is 0 Å². The molecule has 8 nitrogen and oxygen atoms in total. The van der Waals surface area contributed by atoms with E-state index in [0.717, 1.165) is 11.4 Å². The summed E-state index contributed by atoms with van der Waals surface area (Å²) >= 11 is 6.97. The summed E-state index contributed by atoms with van der Waals surface area (Å²) in [7, 11) is 0. The molecule has 2 aromatic carbocycles. The molecule has 2 aromatic rings. The minimum Gasteiger partial charge on any atom is -0.490 e. The predicted octanol–water partition coefficient (Wildman–Crippen LogP) is 4.91. The van der Waals surface area contributed by atoms with Gasteiger partial charge in [0.2, 0.25) is 0 Å². The summed E-state index contributed by atoms with van der Waals surface area (Å²) in [5.41, 5.74) is 0.975. The van der Waals surface area contributed by atoms with Gasteiger partial charge in [0.25, 0.3) is 17.7 Å². The van der Waals surface area contributed by atoms with Gasteiger partial charge in [-0.15, -0.1) is 0 Å². The molecule has 4 atom stereocenters. The molecule has 3 amide bonds. The summed E-state index contributed by atoms with van der Waals surface area (Å²) in [5, 5.41) is 7.85. The van der Waals surface area contributed by atoms with E-state index < -0.39 is 11.7 Å². The number of rotatable bonds is 8. The highest BCUT2D eigenvalue weighted by atomic mass is 79.9. The number of hydrogen-bond donors (Lipinski definition) is 1. The summed E-state index contributed by atoms with van der Waals surface area (Å²) in [6.07, 6.45) is 6.34. The van der Waals surface area contributed by atoms with Gasteiger partial charge in [-0.25, -0.2) is 4.39 Å². The zero-order chi connectivity index (χ0) is 26.3. The van der Waals surface area contributed by atoms with Gasteiger partial charge in [-0.2, -0.15) is 10.1 Å². The van der Waals surface area contributed by atoms with Gasteiger partial charge in [0, 0.05) is 15.7 Å². The molecular formula is C26H22Br2FN3O5. The van der Waals surface area contributed by atoms with Gasteiger partial charge in [-0.05, 0) is 87.4 Å². The molecule has 1 heterocycles. The number of nitrogens with zero attached hydrogens (tertiary/aromatic N) is 2. The van der Waals surface area contributed by atoms with Gasteiger partial charge in [-0.1, -0.05) is 12.2 Å². The van der Waals surface area contributed by atoms with Crippen LogP contribution in [0.15, 0.2) is 56.5 Å². The largest absolute Gasteiger partial charge is 0.490 e. The summed E-state index contributed by atoms with van der Waals surface area (Å²) in [4.78, 5) is 38.2. The van der Waals surface area contributed by atoms with E-state index in [1.807, 2.05) is 12.2 Å². The predicted molar refractivity (Wildman–Crippen MR) is 141 cm³/mol. The molecule has 0 radical (unpaired) electrons. The number of imide groups is 1. The highest BCUT2D eigenvalue weighted by molar-refractivity contribution is 9.13. The molecule has 0 aromatic heterocycles. The quantitative estimate of drug-likeness (QED) is 0.253. The van der Waals surface area contributed by atoms with Gasteiger partial charge in [0.15, 0.2) is 18.1 Å². The molecular weight excluding hydrogens is 613 g/mol. The van der Waals surface area contributed by atoms with Gasteiger partial charge in [-0.3, -0.25) is 14.4 Å². The van der Waals surface area contributed by atoms with Crippen LogP contribution in [0.4, 0.5) is 10.1 Å². The fourth-order valence-corrected chi connectivity index (χ4v) is 6.02. The molecule has 2 bridgehead atoms. The van der Waals surface area contributed by atoms with Crippen LogP contribution in [0.3, 0.4) is 0 Å². The average molecular weight is 635 g/mol. The first kappa shape index (κ1) is 25.6. The number of carbonyl (C=O) groups excluding carboxylic acids is 3. The van der Waals surface area contributed by atoms with Crippen LogP contribution in [0.1, 0.15) is 18.9 Å². The normalized spacial score (nSPS) is 23.7. The third-order valence-corrected chi connectivity index (χ3v) is 8.83. The van der Waals surface area contributed by atoms with Crippen molar-refractivity contribution in [3.8, 4) is 11.5 Å². The Bertz CT molecular complexity index is 1300. The van der Waals surface area contributed by atoms with Crippen LogP contribution in [0.2, 0.25) is 0 Å². The number of hydrogen-bond acceptors (Lipinski definition) is 6.